The largest absolute Gasteiger partial charge is 0.371 e. The van der Waals surface area contributed by atoms with Gasteiger partial charge < -0.3 is 15.0 Å². The molecule has 2 saturated heterocycles. The number of morpholine rings is 1. The number of aryl methyl sites for hydroxylation is 1. The summed E-state index contributed by atoms with van der Waals surface area (Å²) in [5.74, 6) is -0.208. The molecule has 1 aromatic rings. The summed E-state index contributed by atoms with van der Waals surface area (Å²) in [6.07, 6.45) is 1.83. The van der Waals surface area contributed by atoms with Gasteiger partial charge >= 0.3 is 0 Å². The number of rotatable bonds is 4. The van der Waals surface area contributed by atoms with Crippen LogP contribution in [0.4, 0.5) is 0 Å². The zero-order valence-corrected chi connectivity index (χ0v) is 15.7. The van der Waals surface area contributed by atoms with E-state index in [1.165, 1.54) is 6.92 Å². The van der Waals surface area contributed by atoms with Gasteiger partial charge in [-0.1, -0.05) is 0 Å². The monoisotopic (exact) mass is 366 g/mol. The van der Waals surface area contributed by atoms with Crippen LogP contribution in [-0.4, -0.2) is 71.5 Å². The van der Waals surface area contributed by atoms with E-state index in [2.05, 4.69) is 20.6 Å². The van der Waals surface area contributed by atoms with Gasteiger partial charge in [0.2, 0.25) is 11.8 Å². The number of carbonyl (C=O) groups is 2. The van der Waals surface area contributed by atoms with Crippen LogP contribution in [0.15, 0.2) is 5.38 Å². The Morgan fingerprint density at radius 3 is 2.76 bits per heavy atom. The van der Waals surface area contributed by atoms with Crippen LogP contribution in [0.1, 0.15) is 30.5 Å². The fourth-order valence-electron chi connectivity index (χ4n) is 3.50. The number of nitrogens with zero attached hydrogens (tertiary/aromatic N) is 3. The van der Waals surface area contributed by atoms with E-state index >= 15 is 0 Å². The molecular weight excluding hydrogens is 340 g/mol. The van der Waals surface area contributed by atoms with Gasteiger partial charge in [0.1, 0.15) is 0 Å². The van der Waals surface area contributed by atoms with Crippen molar-refractivity contribution in [2.45, 2.75) is 38.8 Å². The number of thiazole rings is 1. The highest BCUT2D eigenvalue weighted by molar-refractivity contribution is 7.09. The molecule has 1 N–H and O–H groups in total. The topological polar surface area (TPSA) is 74.8 Å². The van der Waals surface area contributed by atoms with E-state index in [0.717, 1.165) is 43.2 Å². The van der Waals surface area contributed by atoms with Gasteiger partial charge in [-0.2, -0.15) is 0 Å². The van der Waals surface area contributed by atoms with Crippen LogP contribution < -0.4 is 5.32 Å². The maximum Gasteiger partial charge on any atom is 0.242 e. The molecule has 3 heterocycles. The van der Waals surface area contributed by atoms with E-state index in [-0.39, 0.29) is 24.0 Å². The van der Waals surface area contributed by atoms with E-state index in [0.29, 0.717) is 19.7 Å². The maximum atomic E-state index is 12.3. The summed E-state index contributed by atoms with van der Waals surface area (Å²) >= 11 is 1.69. The Bertz CT molecular complexity index is 625. The van der Waals surface area contributed by atoms with Crippen LogP contribution in [0.25, 0.3) is 0 Å². The van der Waals surface area contributed by atoms with Crippen LogP contribution in [-0.2, 0) is 20.9 Å². The SMILES string of the molecule is CC(=O)NCC(=O)N1CCOC2(CCN(Cc3csc(C)n3)CC2)C1. The van der Waals surface area contributed by atoms with Gasteiger partial charge in [0.15, 0.2) is 0 Å². The fourth-order valence-corrected chi connectivity index (χ4v) is 4.10. The second-order valence-corrected chi connectivity index (χ2v) is 7.95. The molecule has 0 atom stereocenters. The Hall–Kier alpha value is -1.51. The van der Waals surface area contributed by atoms with Crippen LogP contribution in [0.5, 0.6) is 0 Å². The molecule has 25 heavy (non-hydrogen) atoms. The fraction of sp³-hybridized carbons (Fsp3) is 0.706. The summed E-state index contributed by atoms with van der Waals surface area (Å²) in [4.78, 5) is 32.0. The van der Waals surface area contributed by atoms with Gasteiger partial charge in [-0.25, -0.2) is 4.98 Å². The van der Waals surface area contributed by atoms with Gasteiger partial charge in [0, 0.05) is 45.0 Å². The first-order valence-electron chi connectivity index (χ1n) is 8.75. The quantitative estimate of drug-likeness (QED) is 0.852. The van der Waals surface area contributed by atoms with Crippen molar-refractivity contribution in [3.05, 3.63) is 16.1 Å². The minimum Gasteiger partial charge on any atom is -0.371 e. The predicted molar refractivity (Wildman–Crippen MR) is 95.3 cm³/mol. The van der Waals surface area contributed by atoms with Crippen molar-refractivity contribution in [2.75, 3.05) is 39.3 Å². The van der Waals surface area contributed by atoms with E-state index in [9.17, 15) is 9.59 Å². The molecule has 2 fully saturated rings. The molecule has 8 heteroatoms. The lowest BCUT2D eigenvalue weighted by molar-refractivity contribution is -0.159. The molecule has 0 radical (unpaired) electrons. The average molecular weight is 366 g/mol. The third-order valence-corrected chi connectivity index (χ3v) is 5.73. The first-order valence-corrected chi connectivity index (χ1v) is 9.63. The van der Waals surface area contributed by atoms with Crippen molar-refractivity contribution in [2.24, 2.45) is 0 Å². The van der Waals surface area contributed by atoms with Crippen molar-refractivity contribution in [1.29, 1.82) is 0 Å². The molecule has 7 nitrogen and oxygen atoms in total. The zero-order valence-electron chi connectivity index (χ0n) is 14.9. The summed E-state index contributed by atoms with van der Waals surface area (Å²) in [5.41, 5.74) is 0.897. The highest BCUT2D eigenvalue weighted by atomic mass is 32.1. The minimum atomic E-state index is -0.237. The molecule has 3 rings (SSSR count). The molecule has 2 aliphatic heterocycles. The first-order chi connectivity index (χ1) is 12.0. The molecule has 0 aliphatic carbocycles. The van der Waals surface area contributed by atoms with Crippen molar-refractivity contribution >= 4 is 23.2 Å². The predicted octanol–water partition coefficient (Wildman–Crippen LogP) is 0.781. The van der Waals surface area contributed by atoms with Crippen LogP contribution in [0, 0.1) is 6.92 Å². The Kier molecular flexibility index (Phi) is 5.71. The summed E-state index contributed by atoms with van der Waals surface area (Å²) in [7, 11) is 0. The second-order valence-electron chi connectivity index (χ2n) is 6.89. The van der Waals surface area contributed by atoms with E-state index in [1.54, 1.807) is 11.3 Å². The summed E-state index contributed by atoms with van der Waals surface area (Å²) in [5, 5.41) is 5.81. The van der Waals surface area contributed by atoms with Gasteiger partial charge in [-0.05, 0) is 19.8 Å². The molecule has 0 aromatic carbocycles. The number of hydrogen-bond donors (Lipinski definition) is 1. The van der Waals surface area contributed by atoms with Crippen LogP contribution in [0.3, 0.4) is 0 Å². The Morgan fingerprint density at radius 2 is 2.12 bits per heavy atom. The van der Waals surface area contributed by atoms with Crippen molar-refractivity contribution < 1.29 is 14.3 Å². The minimum absolute atomic E-state index is 0.0294. The molecule has 0 saturated carbocycles. The van der Waals surface area contributed by atoms with Gasteiger partial charge in [0.25, 0.3) is 0 Å². The molecule has 0 unspecified atom stereocenters. The van der Waals surface area contributed by atoms with Crippen molar-refractivity contribution in [3.63, 3.8) is 0 Å². The van der Waals surface area contributed by atoms with Crippen LogP contribution in [0.2, 0.25) is 0 Å². The Morgan fingerprint density at radius 1 is 1.36 bits per heavy atom. The van der Waals surface area contributed by atoms with E-state index < -0.39 is 0 Å². The van der Waals surface area contributed by atoms with Gasteiger partial charge in [-0.15, -0.1) is 11.3 Å². The number of aromatic nitrogens is 1. The van der Waals surface area contributed by atoms with E-state index in [1.807, 2.05) is 11.8 Å². The molecule has 1 spiro atoms. The number of hydrogen-bond acceptors (Lipinski definition) is 6. The van der Waals surface area contributed by atoms with Crippen molar-refractivity contribution in [3.8, 4) is 0 Å². The third-order valence-electron chi connectivity index (χ3n) is 4.91. The Labute approximate surface area is 152 Å². The summed E-state index contributed by atoms with van der Waals surface area (Å²) in [6.45, 7) is 8.09. The number of nitrogens with one attached hydrogen (secondary N) is 1. The highest BCUT2D eigenvalue weighted by Gasteiger charge is 2.40. The third kappa shape index (κ3) is 4.77. The maximum absolute atomic E-state index is 12.3. The molecule has 1 aromatic heterocycles. The first kappa shape index (κ1) is 18.3. The lowest BCUT2D eigenvalue weighted by Gasteiger charge is -2.47. The Balaban J connectivity index is 1.51. The zero-order chi connectivity index (χ0) is 17.9. The lowest BCUT2D eigenvalue weighted by Crippen LogP contribution is -2.58. The van der Waals surface area contributed by atoms with E-state index in [4.69, 9.17) is 4.74 Å². The summed E-state index contributed by atoms with van der Waals surface area (Å²) in [6, 6.07) is 0. The highest BCUT2D eigenvalue weighted by Crippen LogP contribution is 2.30. The van der Waals surface area contributed by atoms with Gasteiger partial charge in [0.05, 0.1) is 29.5 Å². The molecular formula is C17H26N4O3S. The lowest BCUT2D eigenvalue weighted by atomic mass is 9.89. The normalized spacial score (nSPS) is 20.6. The molecule has 2 amide bonds. The number of amides is 2. The average Bonchev–Trinajstić information content (AvgIpc) is 3.00. The smallest absolute Gasteiger partial charge is 0.242 e. The number of ether oxygens (including phenoxy) is 1. The van der Waals surface area contributed by atoms with Gasteiger partial charge in [-0.3, -0.25) is 14.5 Å². The second kappa shape index (κ2) is 7.80. The molecule has 138 valence electrons. The number of carbonyl (C=O) groups excluding carboxylic acids is 2. The molecule has 0 bridgehead atoms. The standard InChI is InChI=1S/C17H26N4O3S/c1-13(22)18-9-16(23)21-7-8-24-17(12-21)3-5-20(6-4-17)10-15-11-25-14(2)19-15/h11H,3-10,12H2,1-2H3,(H,18,22). The van der Waals surface area contributed by atoms with Crippen LogP contribution >= 0.6 is 11.3 Å². The van der Waals surface area contributed by atoms with Crippen molar-refractivity contribution in [1.82, 2.24) is 20.1 Å². The summed E-state index contributed by atoms with van der Waals surface area (Å²) < 4.78 is 6.09. The number of likely N-dealkylation sites (tertiary alicyclic amines) is 1. The molecule has 2 aliphatic rings. The number of piperidine rings is 1.